The van der Waals surface area contributed by atoms with Crippen LogP contribution >= 0.6 is 0 Å². The molecule has 0 spiro atoms. The van der Waals surface area contributed by atoms with Gasteiger partial charge in [0.15, 0.2) is 8.32 Å². The van der Waals surface area contributed by atoms with Crippen LogP contribution in [-0.2, 0) is 9.22 Å². The normalized spacial score (nSPS) is 13.7. The average Bonchev–Trinajstić information content (AvgIpc) is 2.23. The maximum absolute atomic E-state index is 11.1. The topological polar surface area (TPSA) is 26.3 Å². The van der Waals surface area contributed by atoms with E-state index in [9.17, 15) is 4.79 Å². The Kier molecular flexibility index (Phi) is 7.76. The summed E-state index contributed by atoms with van der Waals surface area (Å²) in [6.45, 7) is 13.2. The van der Waals surface area contributed by atoms with Gasteiger partial charge in [-0.05, 0) is 19.1 Å². The minimum Gasteiger partial charge on any atom is -0.407 e. The van der Waals surface area contributed by atoms with Gasteiger partial charge < -0.3 is 9.22 Å². The molecule has 0 aliphatic heterocycles. The highest BCUT2D eigenvalue weighted by molar-refractivity contribution is 6.83. The molecule has 0 rings (SSSR count). The molecule has 2 nitrogen and oxygen atoms in total. The lowest BCUT2D eigenvalue weighted by molar-refractivity contribution is -0.113. The Morgan fingerprint density at radius 1 is 1.22 bits per heavy atom. The molecule has 0 N–H and O–H groups in total. The first-order valence-corrected chi connectivity index (χ1v) is 13.4. The second kappa shape index (κ2) is 7.93. The van der Waals surface area contributed by atoms with Crippen LogP contribution in [0, 0.1) is 11.5 Å². The highest BCUT2D eigenvalue weighted by Crippen LogP contribution is 2.17. The predicted octanol–water partition coefficient (Wildman–Crippen LogP) is 3.85. The number of unbranched alkanes of at least 4 members (excludes halogenated alkanes) is 1. The van der Waals surface area contributed by atoms with E-state index in [4.69, 9.17) is 4.43 Å². The number of hydrogen-bond donors (Lipinski definition) is 0. The number of rotatable bonds is 7. The summed E-state index contributed by atoms with van der Waals surface area (Å²) in [5.41, 5.74) is 3.28. The van der Waals surface area contributed by atoms with Crippen LogP contribution in [0.2, 0.25) is 38.8 Å². The molecule has 104 valence electrons. The van der Waals surface area contributed by atoms with Crippen LogP contribution in [0.1, 0.15) is 26.2 Å². The van der Waals surface area contributed by atoms with Crippen molar-refractivity contribution in [3.05, 3.63) is 0 Å². The first-order chi connectivity index (χ1) is 8.20. The Morgan fingerprint density at radius 3 is 2.28 bits per heavy atom. The molecule has 0 aliphatic carbocycles. The molecule has 1 unspecified atom stereocenters. The minimum atomic E-state index is -1.69. The fraction of sp³-hybridized carbons (Fsp3) is 0.786. The molecule has 0 aromatic rings. The van der Waals surface area contributed by atoms with Crippen LogP contribution < -0.4 is 0 Å². The molecule has 0 amide bonds. The molecule has 0 radical (unpaired) electrons. The van der Waals surface area contributed by atoms with Gasteiger partial charge in [-0.2, -0.15) is 0 Å². The van der Waals surface area contributed by atoms with Crippen molar-refractivity contribution in [1.29, 1.82) is 0 Å². The number of hydrogen-bond acceptors (Lipinski definition) is 2. The Bertz CT molecular complexity index is 308. The van der Waals surface area contributed by atoms with Gasteiger partial charge in [0.1, 0.15) is 20.5 Å². The monoisotopic (exact) mass is 284 g/mol. The fourth-order valence-corrected chi connectivity index (χ4v) is 4.52. The summed E-state index contributed by atoms with van der Waals surface area (Å²) in [4.78, 5) is 11.1. The lowest BCUT2D eigenvalue weighted by Gasteiger charge is -2.25. The lowest BCUT2D eigenvalue weighted by Crippen LogP contribution is -2.36. The van der Waals surface area contributed by atoms with Crippen molar-refractivity contribution in [2.24, 2.45) is 0 Å². The van der Waals surface area contributed by atoms with Crippen LogP contribution in [-0.4, -0.2) is 28.8 Å². The smallest absolute Gasteiger partial charge is 0.187 e. The molecule has 0 fully saturated rings. The van der Waals surface area contributed by atoms with E-state index in [1.807, 2.05) is 0 Å². The summed E-state index contributed by atoms with van der Waals surface area (Å²) < 4.78 is 5.99. The Labute approximate surface area is 115 Å². The van der Waals surface area contributed by atoms with Crippen molar-refractivity contribution in [2.75, 3.05) is 0 Å². The zero-order chi connectivity index (χ0) is 14.2. The van der Waals surface area contributed by atoms with E-state index in [1.165, 1.54) is 12.8 Å². The van der Waals surface area contributed by atoms with E-state index in [0.29, 0.717) is 6.42 Å². The van der Waals surface area contributed by atoms with Crippen LogP contribution in [0.3, 0.4) is 0 Å². The highest BCUT2D eigenvalue weighted by atomic mass is 28.4. The molecule has 0 saturated heterocycles. The number of carbonyl (C=O) groups is 1. The Morgan fingerprint density at radius 2 is 1.83 bits per heavy atom. The predicted molar refractivity (Wildman–Crippen MR) is 83.9 cm³/mol. The quantitative estimate of drug-likeness (QED) is 0.403. The van der Waals surface area contributed by atoms with Crippen molar-refractivity contribution in [1.82, 2.24) is 0 Å². The van der Waals surface area contributed by atoms with Crippen molar-refractivity contribution in [3.8, 4) is 11.5 Å². The largest absolute Gasteiger partial charge is 0.407 e. The van der Waals surface area contributed by atoms with Crippen LogP contribution in [0.25, 0.3) is 0 Å². The molecule has 18 heavy (non-hydrogen) atoms. The third kappa shape index (κ3) is 9.63. The third-order valence-corrected chi connectivity index (χ3v) is 5.95. The summed E-state index contributed by atoms with van der Waals surface area (Å²) in [5, 5.41) is 0. The van der Waals surface area contributed by atoms with Crippen LogP contribution in [0.5, 0.6) is 0 Å². The van der Waals surface area contributed by atoms with Crippen molar-refractivity contribution in [2.45, 2.75) is 71.1 Å². The second-order valence-corrected chi connectivity index (χ2v) is 15.4. The van der Waals surface area contributed by atoms with E-state index in [0.717, 1.165) is 12.3 Å². The van der Waals surface area contributed by atoms with Gasteiger partial charge in [0.25, 0.3) is 0 Å². The average molecular weight is 285 g/mol. The molecule has 0 heterocycles. The minimum absolute atomic E-state index is 0.327. The van der Waals surface area contributed by atoms with E-state index in [-0.39, 0.29) is 6.10 Å². The van der Waals surface area contributed by atoms with Gasteiger partial charge in [0, 0.05) is 6.42 Å². The summed E-state index contributed by atoms with van der Waals surface area (Å²) >= 11 is 0. The first-order valence-electron chi connectivity index (χ1n) is 6.83. The molecular formula is C14H28O2Si2. The van der Waals surface area contributed by atoms with Crippen LogP contribution in [0.4, 0.5) is 0 Å². The van der Waals surface area contributed by atoms with Crippen molar-refractivity contribution >= 4 is 22.7 Å². The van der Waals surface area contributed by atoms with Gasteiger partial charge in [-0.15, -0.1) is 11.5 Å². The van der Waals surface area contributed by atoms with Gasteiger partial charge >= 0.3 is 0 Å². The fourth-order valence-electron chi connectivity index (χ4n) is 1.61. The maximum Gasteiger partial charge on any atom is 0.187 e. The van der Waals surface area contributed by atoms with Gasteiger partial charge in [-0.1, -0.05) is 39.4 Å². The van der Waals surface area contributed by atoms with Crippen molar-refractivity contribution in [3.63, 3.8) is 0 Å². The van der Waals surface area contributed by atoms with E-state index < -0.39 is 16.4 Å². The van der Waals surface area contributed by atoms with E-state index in [2.05, 4.69) is 51.1 Å². The molecule has 1 atom stereocenters. The Balaban J connectivity index is 4.33. The molecule has 4 heteroatoms. The maximum atomic E-state index is 11.1. The standard InChI is InChI=1S/C14H28O2Si2/c1-7-8-12-18(5,6)16-14(13-15)10-9-11-17(2,3)4/h13-14H,7-8,10,12H2,1-6H3. The summed E-state index contributed by atoms with van der Waals surface area (Å²) in [7, 11) is -3.03. The molecule has 0 bridgehead atoms. The van der Waals surface area contributed by atoms with E-state index in [1.54, 1.807) is 0 Å². The lowest BCUT2D eigenvalue weighted by atomic mass is 10.3. The molecular weight excluding hydrogens is 256 g/mol. The van der Waals surface area contributed by atoms with Gasteiger partial charge in [-0.25, -0.2) is 0 Å². The second-order valence-electron chi connectivity index (χ2n) is 6.41. The van der Waals surface area contributed by atoms with E-state index >= 15 is 0 Å². The molecule has 0 aromatic heterocycles. The highest BCUT2D eigenvalue weighted by Gasteiger charge is 2.25. The first kappa shape index (κ1) is 17.6. The van der Waals surface area contributed by atoms with Gasteiger partial charge in [-0.3, -0.25) is 0 Å². The van der Waals surface area contributed by atoms with Gasteiger partial charge in [0.05, 0.1) is 0 Å². The molecule has 0 aliphatic rings. The van der Waals surface area contributed by atoms with Crippen LogP contribution in [0.15, 0.2) is 0 Å². The Hall–Kier alpha value is -0.376. The molecule has 0 saturated carbocycles. The molecule has 0 aromatic carbocycles. The SMILES string of the molecule is CCCC[Si](C)(C)OC(C=O)CC#C[Si](C)(C)C. The summed E-state index contributed by atoms with van der Waals surface area (Å²) in [6.07, 6.45) is 3.51. The van der Waals surface area contributed by atoms with Gasteiger partial charge in [0.2, 0.25) is 0 Å². The third-order valence-electron chi connectivity index (χ3n) is 2.52. The summed E-state index contributed by atoms with van der Waals surface area (Å²) in [6, 6.07) is 1.12. The zero-order valence-electron chi connectivity index (χ0n) is 12.8. The summed E-state index contributed by atoms with van der Waals surface area (Å²) in [5.74, 6) is 3.13. The van der Waals surface area contributed by atoms with Crippen molar-refractivity contribution < 1.29 is 9.22 Å². The number of aldehydes is 1. The number of carbonyl (C=O) groups excluding carboxylic acids is 1. The zero-order valence-corrected chi connectivity index (χ0v) is 14.8.